The van der Waals surface area contributed by atoms with E-state index < -0.39 is 6.10 Å². The summed E-state index contributed by atoms with van der Waals surface area (Å²) in [6.45, 7) is 3.58. The van der Waals surface area contributed by atoms with Gasteiger partial charge in [0.05, 0.1) is 18.3 Å². The molecule has 0 radical (unpaired) electrons. The third kappa shape index (κ3) is 2.03. The van der Waals surface area contributed by atoms with Gasteiger partial charge in [-0.15, -0.1) is 0 Å². The molecule has 0 amide bonds. The van der Waals surface area contributed by atoms with Crippen LogP contribution in [-0.4, -0.2) is 35.4 Å². The topological polar surface area (TPSA) is 45.6 Å². The molecule has 2 aliphatic heterocycles. The van der Waals surface area contributed by atoms with Crippen LogP contribution in [0.1, 0.15) is 31.4 Å². The highest BCUT2D eigenvalue weighted by molar-refractivity contribution is 5.48. The third-order valence-electron chi connectivity index (χ3n) is 3.61. The van der Waals surface area contributed by atoms with Gasteiger partial charge in [0, 0.05) is 24.8 Å². The number of ether oxygens (including phenoxy) is 1. The number of hydrogen-bond donors (Lipinski definition) is 1. The molecule has 3 atom stereocenters. The average molecular weight is 234 g/mol. The van der Waals surface area contributed by atoms with Crippen LogP contribution in [-0.2, 0) is 4.74 Å². The van der Waals surface area contributed by atoms with E-state index >= 15 is 0 Å². The molecule has 2 fully saturated rings. The molecule has 92 valence electrons. The Bertz CT molecular complexity index is 396. The number of aliphatic hydroxyl groups excluding tert-OH is 1. The molecule has 1 aromatic heterocycles. The molecule has 4 heteroatoms. The first-order valence-corrected chi connectivity index (χ1v) is 6.27. The number of rotatable bonds is 2. The lowest BCUT2D eigenvalue weighted by molar-refractivity contribution is 0.0300. The molecule has 3 heterocycles. The van der Waals surface area contributed by atoms with Gasteiger partial charge < -0.3 is 14.7 Å². The third-order valence-corrected chi connectivity index (χ3v) is 3.61. The molecule has 1 aromatic rings. The van der Waals surface area contributed by atoms with E-state index in [-0.39, 0.29) is 0 Å². The fourth-order valence-corrected chi connectivity index (χ4v) is 2.79. The Morgan fingerprint density at radius 1 is 1.41 bits per heavy atom. The van der Waals surface area contributed by atoms with E-state index in [9.17, 15) is 5.11 Å². The van der Waals surface area contributed by atoms with Crippen molar-refractivity contribution < 1.29 is 9.84 Å². The van der Waals surface area contributed by atoms with Crippen LogP contribution < -0.4 is 4.90 Å². The number of fused-ring (bicyclic) bond motifs is 2. The van der Waals surface area contributed by atoms with Gasteiger partial charge in [-0.3, -0.25) is 0 Å². The fourth-order valence-electron chi connectivity index (χ4n) is 2.79. The van der Waals surface area contributed by atoms with Gasteiger partial charge in [-0.25, -0.2) is 4.98 Å². The Morgan fingerprint density at radius 2 is 2.12 bits per heavy atom. The van der Waals surface area contributed by atoms with E-state index in [4.69, 9.17) is 4.74 Å². The Labute approximate surface area is 101 Å². The summed E-state index contributed by atoms with van der Waals surface area (Å²) in [7, 11) is 0. The zero-order chi connectivity index (χ0) is 11.8. The lowest BCUT2D eigenvalue weighted by Crippen LogP contribution is -2.43. The Kier molecular flexibility index (Phi) is 2.76. The van der Waals surface area contributed by atoms with Gasteiger partial charge in [-0.05, 0) is 25.8 Å². The molecule has 0 saturated carbocycles. The quantitative estimate of drug-likeness (QED) is 0.842. The van der Waals surface area contributed by atoms with E-state index in [0.29, 0.717) is 12.2 Å². The summed E-state index contributed by atoms with van der Waals surface area (Å²) >= 11 is 0. The normalized spacial score (nSPS) is 29.4. The number of morpholine rings is 1. The molecule has 4 nitrogen and oxygen atoms in total. The van der Waals surface area contributed by atoms with Crippen molar-refractivity contribution in [3.8, 4) is 0 Å². The minimum absolute atomic E-state index is 0.345. The first-order valence-electron chi connectivity index (χ1n) is 6.27. The lowest BCUT2D eigenvalue weighted by atomic mass is 10.1. The van der Waals surface area contributed by atoms with Crippen LogP contribution in [0, 0.1) is 0 Å². The summed E-state index contributed by atoms with van der Waals surface area (Å²) in [5, 5.41) is 9.78. The van der Waals surface area contributed by atoms with E-state index in [1.807, 2.05) is 12.1 Å². The lowest BCUT2D eigenvalue weighted by Gasteiger charge is -2.34. The van der Waals surface area contributed by atoms with Crippen molar-refractivity contribution in [3.63, 3.8) is 0 Å². The number of anilines is 1. The molecule has 2 saturated heterocycles. The van der Waals surface area contributed by atoms with Crippen LogP contribution in [0.5, 0.6) is 0 Å². The molecule has 0 spiro atoms. The molecule has 3 rings (SSSR count). The average Bonchev–Trinajstić information content (AvgIpc) is 2.68. The Balaban J connectivity index is 1.88. The van der Waals surface area contributed by atoms with E-state index in [1.165, 1.54) is 0 Å². The van der Waals surface area contributed by atoms with Gasteiger partial charge >= 0.3 is 0 Å². The predicted octanol–water partition coefficient (Wildman–Crippen LogP) is 1.50. The standard InChI is InChI=1S/C13H18N2O2/c1-9(16)12-3-2-6-14-13(12)15-7-10-4-5-11(8-15)17-10/h2-3,6,9-11,16H,4-5,7-8H2,1H3. The number of hydrogen-bond acceptors (Lipinski definition) is 4. The van der Waals surface area contributed by atoms with Crippen LogP contribution in [0.15, 0.2) is 18.3 Å². The second kappa shape index (κ2) is 4.27. The predicted molar refractivity (Wildman–Crippen MR) is 65.0 cm³/mol. The van der Waals surface area contributed by atoms with Crippen molar-refractivity contribution in [1.29, 1.82) is 0 Å². The Morgan fingerprint density at radius 3 is 2.76 bits per heavy atom. The largest absolute Gasteiger partial charge is 0.389 e. The minimum Gasteiger partial charge on any atom is -0.389 e. The van der Waals surface area contributed by atoms with Crippen molar-refractivity contribution in [2.24, 2.45) is 0 Å². The van der Waals surface area contributed by atoms with E-state index in [1.54, 1.807) is 13.1 Å². The van der Waals surface area contributed by atoms with Gasteiger partial charge in [0.1, 0.15) is 5.82 Å². The molecule has 1 N–H and O–H groups in total. The summed E-state index contributed by atoms with van der Waals surface area (Å²) in [5.74, 6) is 0.919. The van der Waals surface area contributed by atoms with Gasteiger partial charge in [0.2, 0.25) is 0 Å². The second-order valence-corrected chi connectivity index (χ2v) is 4.95. The molecule has 2 bridgehead atoms. The number of aliphatic hydroxyl groups is 1. The maximum absolute atomic E-state index is 9.78. The monoisotopic (exact) mass is 234 g/mol. The molecular formula is C13H18N2O2. The van der Waals surface area contributed by atoms with Gasteiger partial charge in [0.25, 0.3) is 0 Å². The summed E-state index contributed by atoms with van der Waals surface area (Å²) < 4.78 is 5.82. The number of aromatic nitrogens is 1. The van der Waals surface area contributed by atoms with Crippen molar-refractivity contribution in [1.82, 2.24) is 4.98 Å². The maximum atomic E-state index is 9.78. The highest BCUT2D eigenvalue weighted by Crippen LogP contribution is 2.31. The summed E-state index contributed by atoms with van der Waals surface area (Å²) in [4.78, 5) is 6.69. The molecule has 2 aliphatic rings. The van der Waals surface area contributed by atoms with E-state index in [2.05, 4.69) is 9.88 Å². The smallest absolute Gasteiger partial charge is 0.134 e. The SMILES string of the molecule is CC(O)c1cccnc1N1CC2CCC(C1)O2. The van der Waals surface area contributed by atoms with E-state index in [0.717, 1.165) is 37.3 Å². The van der Waals surface area contributed by atoms with Crippen molar-refractivity contribution in [2.45, 2.75) is 38.1 Å². The van der Waals surface area contributed by atoms with Crippen molar-refractivity contribution in [3.05, 3.63) is 23.9 Å². The number of pyridine rings is 1. The highest BCUT2D eigenvalue weighted by Gasteiger charge is 2.35. The van der Waals surface area contributed by atoms with Crippen LogP contribution in [0.4, 0.5) is 5.82 Å². The van der Waals surface area contributed by atoms with Crippen LogP contribution in [0.25, 0.3) is 0 Å². The molecule has 0 aromatic carbocycles. The maximum Gasteiger partial charge on any atom is 0.134 e. The molecule has 3 unspecified atom stereocenters. The Hall–Kier alpha value is -1.13. The van der Waals surface area contributed by atoms with Crippen LogP contribution in [0.3, 0.4) is 0 Å². The summed E-state index contributed by atoms with van der Waals surface area (Å²) in [6, 6.07) is 3.82. The number of nitrogens with zero attached hydrogens (tertiary/aromatic N) is 2. The first kappa shape index (κ1) is 11.0. The van der Waals surface area contributed by atoms with Crippen LogP contribution in [0.2, 0.25) is 0 Å². The summed E-state index contributed by atoms with van der Waals surface area (Å²) in [5.41, 5.74) is 0.911. The second-order valence-electron chi connectivity index (χ2n) is 4.95. The zero-order valence-electron chi connectivity index (χ0n) is 10.0. The highest BCUT2D eigenvalue weighted by atomic mass is 16.5. The minimum atomic E-state index is -0.473. The van der Waals surface area contributed by atoms with Crippen molar-refractivity contribution in [2.75, 3.05) is 18.0 Å². The van der Waals surface area contributed by atoms with Gasteiger partial charge in [-0.2, -0.15) is 0 Å². The fraction of sp³-hybridized carbons (Fsp3) is 0.615. The van der Waals surface area contributed by atoms with Gasteiger partial charge in [0.15, 0.2) is 0 Å². The van der Waals surface area contributed by atoms with Crippen LogP contribution >= 0.6 is 0 Å². The van der Waals surface area contributed by atoms with Gasteiger partial charge in [-0.1, -0.05) is 6.07 Å². The zero-order valence-corrected chi connectivity index (χ0v) is 10.0. The summed E-state index contributed by atoms with van der Waals surface area (Å²) in [6.07, 6.45) is 4.31. The molecule has 17 heavy (non-hydrogen) atoms. The molecule has 0 aliphatic carbocycles. The first-order chi connectivity index (χ1) is 8.24. The van der Waals surface area contributed by atoms with Crippen molar-refractivity contribution >= 4 is 5.82 Å². The molecular weight excluding hydrogens is 216 g/mol.